The molecule has 156 valence electrons. The molecule has 6 nitrogen and oxygen atoms in total. The van der Waals surface area contributed by atoms with Gasteiger partial charge in [0.2, 0.25) is 5.91 Å². The molecule has 2 fully saturated rings. The number of nitrogens with zero attached hydrogens (tertiary/aromatic N) is 3. The highest BCUT2D eigenvalue weighted by Crippen LogP contribution is 2.36. The van der Waals surface area contributed by atoms with E-state index < -0.39 is 0 Å². The van der Waals surface area contributed by atoms with Crippen LogP contribution >= 0.6 is 0 Å². The van der Waals surface area contributed by atoms with Crippen LogP contribution in [0.5, 0.6) is 5.75 Å². The van der Waals surface area contributed by atoms with Crippen molar-refractivity contribution in [3.8, 4) is 5.75 Å². The average molecular weight is 397 g/mol. The van der Waals surface area contributed by atoms with Gasteiger partial charge in [0.25, 0.3) is 0 Å². The number of piperazine rings is 1. The van der Waals surface area contributed by atoms with Crippen LogP contribution in [0.4, 0.5) is 0 Å². The van der Waals surface area contributed by atoms with Crippen LogP contribution in [0.2, 0.25) is 0 Å². The average Bonchev–Trinajstić information content (AvgIpc) is 3.00. The van der Waals surface area contributed by atoms with Crippen molar-refractivity contribution >= 4 is 16.8 Å². The fraction of sp³-hybridized carbons (Fsp3) is 0.609. The summed E-state index contributed by atoms with van der Waals surface area (Å²) < 4.78 is 7.71. The Bertz CT molecular complexity index is 909. The van der Waals surface area contributed by atoms with Crippen molar-refractivity contribution < 1.29 is 9.53 Å². The quantitative estimate of drug-likeness (QED) is 0.863. The van der Waals surface area contributed by atoms with E-state index in [9.17, 15) is 4.79 Å². The number of aromatic nitrogens is 1. The van der Waals surface area contributed by atoms with Crippen LogP contribution in [-0.4, -0.2) is 66.1 Å². The molecule has 1 aliphatic carbocycles. The summed E-state index contributed by atoms with van der Waals surface area (Å²) in [6, 6.07) is 7.15. The van der Waals surface area contributed by atoms with Crippen LogP contribution in [-0.2, 0) is 18.3 Å². The number of ether oxygens (including phenoxy) is 1. The van der Waals surface area contributed by atoms with E-state index in [1.807, 2.05) is 6.07 Å². The highest BCUT2D eigenvalue weighted by molar-refractivity contribution is 5.88. The zero-order valence-corrected chi connectivity index (χ0v) is 17.6. The Labute approximate surface area is 172 Å². The van der Waals surface area contributed by atoms with Gasteiger partial charge in [0, 0.05) is 62.3 Å². The highest BCUT2D eigenvalue weighted by atomic mass is 16.5. The number of hydrogen-bond donors (Lipinski definition) is 1. The Kier molecular flexibility index (Phi) is 5.00. The lowest BCUT2D eigenvalue weighted by Crippen LogP contribution is -2.54. The first-order valence-corrected chi connectivity index (χ1v) is 11.1. The number of aryl methyl sites for hydroxylation is 1. The van der Waals surface area contributed by atoms with E-state index in [-0.39, 0.29) is 11.9 Å². The minimum absolute atomic E-state index is 0.0827. The highest BCUT2D eigenvalue weighted by Gasteiger charge is 2.32. The van der Waals surface area contributed by atoms with Gasteiger partial charge in [-0.15, -0.1) is 0 Å². The Morgan fingerprint density at radius 2 is 2.00 bits per heavy atom. The van der Waals surface area contributed by atoms with Gasteiger partial charge in [-0.05, 0) is 49.6 Å². The normalized spacial score (nSPS) is 23.1. The first-order valence-electron chi connectivity index (χ1n) is 11.1. The number of benzene rings is 1. The Balaban J connectivity index is 1.32. The summed E-state index contributed by atoms with van der Waals surface area (Å²) in [6.45, 7) is 4.74. The minimum Gasteiger partial charge on any atom is -0.497 e. The molecule has 3 aliphatic rings. The number of carbonyl (C=O) groups excluding carboxylic acids is 1. The molecule has 5 rings (SSSR count). The van der Waals surface area contributed by atoms with Crippen LogP contribution in [0, 0.1) is 0 Å². The molecule has 1 atom stereocenters. The fourth-order valence-electron chi connectivity index (χ4n) is 5.38. The molecule has 2 aliphatic heterocycles. The zero-order valence-electron chi connectivity index (χ0n) is 17.6. The summed E-state index contributed by atoms with van der Waals surface area (Å²) in [6.07, 6.45) is 5.59. The largest absolute Gasteiger partial charge is 0.497 e. The summed E-state index contributed by atoms with van der Waals surface area (Å²) in [7, 11) is 3.83. The van der Waals surface area contributed by atoms with Crippen molar-refractivity contribution in [2.24, 2.45) is 7.05 Å². The van der Waals surface area contributed by atoms with E-state index in [1.54, 1.807) is 7.11 Å². The van der Waals surface area contributed by atoms with Gasteiger partial charge in [-0.1, -0.05) is 6.42 Å². The standard InChI is InChI=1S/C23H32N4O2/c1-25-21-7-6-17(29-2)14-19(21)18-8-9-24-20(23(18)25)15-22(28)27-12-10-26(11-13-27)16-4-3-5-16/h6-7,14,16,20,24H,3-5,8-13,15H2,1-2H3. The molecule has 0 spiro atoms. The van der Waals surface area contributed by atoms with Gasteiger partial charge in [-0.25, -0.2) is 0 Å². The predicted octanol–water partition coefficient (Wildman–Crippen LogP) is 2.46. The van der Waals surface area contributed by atoms with E-state index in [4.69, 9.17) is 4.74 Å². The molecule has 1 aromatic heterocycles. The van der Waals surface area contributed by atoms with Crippen LogP contribution in [0.15, 0.2) is 18.2 Å². The maximum Gasteiger partial charge on any atom is 0.224 e. The van der Waals surface area contributed by atoms with Crippen molar-refractivity contribution in [1.29, 1.82) is 0 Å². The van der Waals surface area contributed by atoms with E-state index in [0.29, 0.717) is 6.42 Å². The van der Waals surface area contributed by atoms with Crippen molar-refractivity contribution in [3.63, 3.8) is 0 Å². The third-order valence-electron chi connectivity index (χ3n) is 7.29. The molecule has 1 saturated heterocycles. The molecule has 1 N–H and O–H groups in total. The van der Waals surface area contributed by atoms with Gasteiger partial charge < -0.3 is 19.5 Å². The summed E-state index contributed by atoms with van der Waals surface area (Å²) in [5.74, 6) is 1.17. The van der Waals surface area contributed by atoms with Crippen molar-refractivity contribution in [1.82, 2.24) is 19.7 Å². The molecular formula is C23H32N4O2. The number of fused-ring (bicyclic) bond motifs is 3. The van der Waals surface area contributed by atoms with Gasteiger partial charge in [0.05, 0.1) is 13.2 Å². The minimum atomic E-state index is 0.0827. The van der Waals surface area contributed by atoms with Crippen LogP contribution in [0.3, 0.4) is 0 Å². The summed E-state index contributed by atoms with van der Waals surface area (Å²) in [5, 5.41) is 4.87. The topological polar surface area (TPSA) is 49.7 Å². The van der Waals surface area contributed by atoms with E-state index in [2.05, 4.69) is 38.9 Å². The molecule has 1 amide bonds. The molecular weight excluding hydrogens is 364 g/mol. The lowest BCUT2D eigenvalue weighted by atomic mass is 9.91. The number of carbonyl (C=O) groups is 1. The number of hydrogen-bond acceptors (Lipinski definition) is 4. The zero-order chi connectivity index (χ0) is 20.0. The second-order valence-electron chi connectivity index (χ2n) is 8.77. The maximum atomic E-state index is 13.1. The number of nitrogens with one attached hydrogen (secondary N) is 1. The van der Waals surface area contributed by atoms with Crippen LogP contribution < -0.4 is 10.1 Å². The molecule has 1 saturated carbocycles. The van der Waals surface area contributed by atoms with Crippen molar-refractivity contribution in [2.45, 2.75) is 44.2 Å². The Morgan fingerprint density at radius 3 is 2.69 bits per heavy atom. The molecule has 0 bridgehead atoms. The molecule has 1 aromatic carbocycles. The Morgan fingerprint density at radius 1 is 1.21 bits per heavy atom. The van der Waals surface area contributed by atoms with Gasteiger partial charge in [-0.3, -0.25) is 9.69 Å². The monoisotopic (exact) mass is 396 g/mol. The van der Waals surface area contributed by atoms with Gasteiger partial charge in [0.1, 0.15) is 5.75 Å². The smallest absolute Gasteiger partial charge is 0.224 e. The van der Waals surface area contributed by atoms with E-state index in [0.717, 1.165) is 50.9 Å². The summed E-state index contributed by atoms with van der Waals surface area (Å²) in [5.41, 5.74) is 3.85. The predicted molar refractivity (Wildman–Crippen MR) is 114 cm³/mol. The third-order valence-corrected chi connectivity index (χ3v) is 7.29. The van der Waals surface area contributed by atoms with Gasteiger partial charge in [0.15, 0.2) is 0 Å². The van der Waals surface area contributed by atoms with Crippen molar-refractivity contribution in [2.75, 3.05) is 39.8 Å². The first kappa shape index (κ1) is 18.9. The first-order chi connectivity index (χ1) is 14.2. The second-order valence-corrected chi connectivity index (χ2v) is 8.77. The number of methoxy groups -OCH3 is 1. The lowest BCUT2D eigenvalue weighted by molar-refractivity contribution is -0.134. The number of amides is 1. The molecule has 6 heteroatoms. The van der Waals surface area contributed by atoms with Crippen LogP contribution in [0.1, 0.15) is 43.0 Å². The van der Waals surface area contributed by atoms with Gasteiger partial charge in [-0.2, -0.15) is 0 Å². The molecule has 0 radical (unpaired) electrons. The van der Waals surface area contributed by atoms with Crippen LogP contribution in [0.25, 0.3) is 10.9 Å². The lowest BCUT2D eigenvalue weighted by Gasteiger charge is -2.43. The molecule has 2 aromatic rings. The number of rotatable bonds is 4. The summed E-state index contributed by atoms with van der Waals surface area (Å²) in [4.78, 5) is 17.8. The summed E-state index contributed by atoms with van der Waals surface area (Å²) >= 11 is 0. The second kappa shape index (κ2) is 7.65. The SMILES string of the molecule is COc1ccc2c(c1)c1c(n2C)C(CC(=O)N2CCN(C3CCC3)CC2)NCC1. The van der Waals surface area contributed by atoms with Crippen molar-refractivity contribution in [3.05, 3.63) is 29.5 Å². The van der Waals surface area contributed by atoms with E-state index >= 15 is 0 Å². The maximum absolute atomic E-state index is 13.1. The molecule has 3 heterocycles. The molecule has 1 unspecified atom stereocenters. The Hall–Kier alpha value is -2.05. The molecule has 29 heavy (non-hydrogen) atoms. The fourth-order valence-corrected chi connectivity index (χ4v) is 5.38. The third kappa shape index (κ3) is 3.32. The van der Waals surface area contributed by atoms with E-state index in [1.165, 1.54) is 41.4 Å². The van der Waals surface area contributed by atoms with Gasteiger partial charge >= 0.3 is 0 Å².